The van der Waals surface area contributed by atoms with E-state index in [1.165, 1.54) is 0 Å². The number of carbonyl (C=O) groups excluding carboxylic acids is 2. The molecule has 1 atom stereocenters. The largest absolute Gasteiger partial charge is 0.484 e. The second kappa shape index (κ2) is 11.1. The van der Waals surface area contributed by atoms with Gasteiger partial charge in [0.15, 0.2) is 6.61 Å². The van der Waals surface area contributed by atoms with E-state index in [1.54, 1.807) is 23.9 Å². The number of benzene rings is 1. The van der Waals surface area contributed by atoms with Crippen molar-refractivity contribution >= 4 is 23.6 Å². The number of rotatable bonds is 9. The van der Waals surface area contributed by atoms with Crippen LogP contribution in [0.2, 0.25) is 0 Å². The van der Waals surface area contributed by atoms with Gasteiger partial charge in [0, 0.05) is 6.04 Å². The van der Waals surface area contributed by atoms with E-state index in [4.69, 9.17) is 4.74 Å². The van der Waals surface area contributed by atoms with Crippen molar-refractivity contribution in [2.75, 3.05) is 18.6 Å². The molecule has 1 saturated carbocycles. The van der Waals surface area contributed by atoms with Gasteiger partial charge in [0.05, 0.1) is 0 Å². The molecule has 6 heteroatoms. The molecular formula is C20H30N2O3S. The van der Waals surface area contributed by atoms with Crippen molar-refractivity contribution in [3.8, 4) is 5.75 Å². The van der Waals surface area contributed by atoms with Crippen molar-refractivity contribution in [1.82, 2.24) is 10.6 Å². The summed E-state index contributed by atoms with van der Waals surface area (Å²) in [4.78, 5) is 24.8. The van der Waals surface area contributed by atoms with Gasteiger partial charge in [-0.2, -0.15) is 11.8 Å². The fourth-order valence-corrected chi connectivity index (χ4v) is 3.58. The molecule has 0 radical (unpaired) electrons. The summed E-state index contributed by atoms with van der Waals surface area (Å²) in [6.07, 6.45) is 6.96. The first-order valence-electron chi connectivity index (χ1n) is 9.35. The van der Waals surface area contributed by atoms with Crippen molar-refractivity contribution in [2.45, 2.75) is 51.1 Å². The molecular weight excluding hydrogens is 348 g/mol. The Balaban J connectivity index is 1.82. The average molecular weight is 379 g/mol. The molecule has 0 unspecified atom stereocenters. The number of hydrogen-bond donors (Lipinski definition) is 2. The van der Waals surface area contributed by atoms with Gasteiger partial charge in [-0.25, -0.2) is 0 Å². The van der Waals surface area contributed by atoms with Crippen LogP contribution in [0.4, 0.5) is 0 Å². The van der Waals surface area contributed by atoms with Crippen LogP contribution in [0.3, 0.4) is 0 Å². The van der Waals surface area contributed by atoms with Gasteiger partial charge < -0.3 is 15.4 Å². The molecule has 0 aliphatic heterocycles. The number of thioether (sulfide) groups is 1. The topological polar surface area (TPSA) is 67.4 Å². The standard InChI is InChI=1S/C20H30N2O3S/c1-15-8-10-16(11-9-15)21-20(24)18(12-13-26-2)22-19(23)14-25-17-6-4-3-5-7-17/h3-7,15-16,18H,8-14H2,1-2H3,(H,21,24)(H,22,23)/t15?,16?,18-/m0/s1. The van der Waals surface area contributed by atoms with Gasteiger partial charge >= 0.3 is 0 Å². The van der Waals surface area contributed by atoms with Crippen LogP contribution in [0.5, 0.6) is 5.75 Å². The van der Waals surface area contributed by atoms with E-state index in [0.29, 0.717) is 12.2 Å². The smallest absolute Gasteiger partial charge is 0.258 e. The Morgan fingerprint density at radius 2 is 1.88 bits per heavy atom. The first kappa shape index (κ1) is 20.6. The van der Waals surface area contributed by atoms with Gasteiger partial charge in [0.1, 0.15) is 11.8 Å². The maximum atomic E-state index is 12.6. The molecule has 0 heterocycles. The summed E-state index contributed by atoms with van der Waals surface area (Å²) in [5.41, 5.74) is 0. The van der Waals surface area contributed by atoms with E-state index in [9.17, 15) is 9.59 Å². The fourth-order valence-electron chi connectivity index (χ4n) is 3.11. The molecule has 2 rings (SSSR count). The van der Waals surface area contributed by atoms with E-state index >= 15 is 0 Å². The minimum atomic E-state index is -0.506. The van der Waals surface area contributed by atoms with Crippen LogP contribution in [-0.4, -0.2) is 42.5 Å². The van der Waals surface area contributed by atoms with Crippen LogP contribution in [-0.2, 0) is 9.59 Å². The molecule has 1 aliphatic rings. The summed E-state index contributed by atoms with van der Waals surface area (Å²) in [6.45, 7) is 2.17. The highest BCUT2D eigenvalue weighted by molar-refractivity contribution is 7.98. The normalized spacial score (nSPS) is 20.8. The Morgan fingerprint density at radius 3 is 2.54 bits per heavy atom. The van der Waals surface area contributed by atoms with Crippen LogP contribution in [0, 0.1) is 5.92 Å². The predicted molar refractivity (Wildman–Crippen MR) is 106 cm³/mol. The van der Waals surface area contributed by atoms with Gasteiger partial charge in [-0.1, -0.05) is 25.1 Å². The summed E-state index contributed by atoms with van der Waals surface area (Å²) < 4.78 is 5.47. The SMILES string of the molecule is CSCC[C@H](NC(=O)COc1ccccc1)C(=O)NC1CCC(C)CC1. The lowest BCUT2D eigenvalue weighted by molar-refractivity contribution is -0.130. The van der Waals surface area contributed by atoms with E-state index in [0.717, 1.165) is 37.4 Å². The van der Waals surface area contributed by atoms with Crippen molar-refractivity contribution in [3.63, 3.8) is 0 Å². The molecule has 26 heavy (non-hydrogen) atoms. The van der Waals surface area contributed by atoms with Crippen molar-refractivity contribution in [2.24, 2.45) is 5.92 Å². The molecule has 2 amide bonds. The summed E-state index contributed by atoms with van der Waals surface area (Å²) in [5, 5.41) is 5.95. The van der Waals surface area contributed by atoms with Gasteiger partial charge in [-0.15, -0.1) is 0 Å². The molecule has 1 aromatic carbocycles. The van der Waals surface area contributed by atoms with E-state index in [-0.39, 0.29) is 24.5 Å². The van der Waals surface area contributed by atoms with Gasteiger partial charge in [-0.3, -0.25) is 9.59 Å². The fraction of sp³-hybridized carbons (Fsp3) is 0.600. The van der Waals surface area contributed by atoms with Crippen LogP contribution < -0.4 is 15.4 Å². The summed E-state index contributed by atoms with van der Waals surface area (Å²) in [5.74, 6) is 1.85. The second-order valence-electron chi connectivity index (χ2n) is 6.97. The van der Waals surface area contributed by atoms with E-state index < -0.39 is 6.04 Å². The Labute approximate surface area is 160 Å². The monoisotopic (exact) mass is 378 g/mol. The lowest BCUT2D eigenvalue weighted by atomic mass is 9.87. The average Bonchev–Trinajstić information content (AvgIpc) is 2.66. The Morgan fingerprint density at radius 1 is 1.19 bits per heavy atom. The molecule has 5 nitrogen and oxygen atoms in total. The molecule has 0 saturated heterocycles. The van der Waals surface area contributed by atoms with Crippen molar-refractivity contribution < 1.29 is 14.3 Å². The van der Waals surface area contributed by atoms with Gasteiger partial charge in [-0.05, 0) is 62.2 Å². The Bertz CT molecular complexity index is 559. The van der Waals surface area contributed by atoms with E-state index in [1.807, 2.05) is 24.5 Å². The summed E-state index contributed by atoms with van der Waals surface area (Å²) in [7, 11) is 0. The molecule has 0 spiro atoms. The van der Waals surface area contributed by atoms with Crippen molar-refractivity contribution in [3.05, 3.63) is 30.3 Å². The minimum absolute atomic E-state index is 0.0772. The zero-order valence-corrected chi connectivity index (χ0v) is 16.5. The summed E-state index contributed by atoms with van der Waals surface area (Å²) >= 11 is 1.67. The number of amides is 2. The van der Waals surface area contributed by atoms with Crippen LogP contribution in [0.15, 0.2) is 30.3 Å². The predicted octanol–water partition coefficient (Wildman–Crippen LogP) is 3.00. The highest BCUT2D eigenvalue weighted by atomic mass is 32.2. The molecule has 0 aromatic heterocycles. The maximum Gasteiger partial charge on any atom is 0.258 e. The number of ether oxygens (including phenoxy) is 1. The Kier molecular flexibility index (Phi) is 8.81. The number of para-hydroxylation sites is 1. The number of nitrogens with one attached hydrogen (secondary N) is 2. The Hall–Kier alpha value is -1.69. The summed E-state index contributed by atoms with van der Waals surface area (Å²) in [6, 6.07) is 8.92. The quantitative estimate of drug-likeness (QED) is 0.693. The van der Waals surface area contributed by atoms with Crippen molar-refractivity contribution in [1.29, 1.82) is 0 Å². The third-order valence-electron chi connectivity index (χ3n) is 4.74. The van der Waals surface area contributed by atoms with Crippen LogP contribution in [0.1, 0.15) is 39.0 Å². The zero-order valence-electron chi connectivity index (χ0n) is 15.7. The maximum absolute atomic E-state index is 12.6. The molecule has 2 N–H and O–H groups in total. The minimum Gasteiger partial charge on any atom is -0.484 e. The molecule has 1 aromatic rings. The van der Waals surface area contributed by atoms with E-state index in [2.05, 4.69) is 17.6 Å². The number of carbonyl (C=O) groups is 2. The molecule has 0 bridgehead atoms. The second-order valence-corrected chi connectivity index (χ2v) is 7.95. The first-order chi connectivity index (χ1) is 12.6. The molecule has 1 fully saturated rings. The third-order valence-corrected chi connectivity index (χ3v) is 5.38. The van der Waals surface area contributed by atoms with Gasteiger partial charge in [0.25, 0.3) is 5.91 Å². The lowest BCUT2D eigenvalue weighted by Gasteiger charge is -2.28. The highest BCUT2D eigenvalue weighted by Crippen LogP contribution is 2.23. The molecule has 1 aliphatic carbocycles. The number of hydrogen-bond acceptors (Lipinski definition) is 4. The zero-order chi connectivity index (χ0) is 18.8. The van der Waals surface area contributed by atoms with Crippen LogP contribution >= 0.6 is 11.8 Å². The first-order valence-corrected chi connectivity index (χ1v) is 10.7. The van der Waals surface area contributed by atoms with Crippen LogP contribution in [0.25, 0.3) is 0 Å². The lowest BCUT2D eigenvalue weighted by Crippen LogP contribution is -2.51. The third kappa shape index (κ3) is 7.28. The molecule has 144 valence electrons. The highest BCUT2D eigenvalue weighted by Gasteiger charge is 2.25. The van der Waals surface area contributed by atoms with Gasteiger partial charge in [0.2, 0.25) is 5.91 Å².